The molecule has 0 bridgehead atoms. The van der Waals surface area contributed by atoms with Gasteiger partial charge in [-0.1, -0.05) is 4.49 Å². The highest BCUT2D eigenvalue weighted by atomic mass is 32.1. The highest BCUT2D eigenvalue weighted by molar-refractivity contribution is 7.07. The molecular formula is C13H13N5O3S. The Bertz CT molecular complexity index is 813. The number of amides is 1. The summed E-state index contributed by atoms with van der Waals surface area (Å²) in [6, 6.07) is 3.48. The number of nitrogens with zero attached hydrogens (tertiary/aromatic N) is 4. The maximum atomic E-state index is 11.4. The summed E-state index contributed by atoms with van der Waals surface area (Å²) in [6.45, 7) is 2.97. The van der Waals surface area contributed by atoms with Crippen LogP contribution in [0.5, 0.6) is 5.06 Å². The van der Waals surface area contributed by atoms with E-state index >= 15 is 0 Å². The normalized spacial score (nSPS) is 10.8. The van der Waals surface area contributed by atoms with Gasteiger partial charge in [0, 0.05) is 23.1 Å². The van der Waals surface area contributed by atoms with Crippen molar-refractivity contribution < 1.29 is 14.7 Å². The fourth-order valence-corrected chi connectivity index (χ4v) is 2.70. The van der Waals surface area contributed by atoms with Crippen molar-refractivity contribution in [2.45, 2.75) is 13.5 Å². The third-order valence-electron chi connectivity index (χ3n) is 3.11. The SMILES string of the molecule is CCOc1snnc1Cn1ccc2cc(C(=O)NO)ncc21. The molecule has 0 atom stereocenters. The fraction of sp³-hybridized carbons (Fsp3) is 0.231. The predicted octanol–water partition coefficient (Wildman–Crippen LogP) is 1.45. The first-order valence-electron chi connectivity index (χ1n) is 6.56. The van der Waals surface area contributed by atoms with E-state index in [9.17, 15) is 4.79 Å². The lowest BCUT2D eigenvalue weighted by Gasteiger charge is -2.05. The topological polar surface area (TPSA) is 102 Å². The first kappa shape index (κ1) is 14.4. The number of hydrogen-bond donors (Lipinski definition) is 2. The number of carbonyl (C=O) groups is 1. The second kappa shape index (κ2) is 6.08. The maximum Gasteiger partial charge on any atom is 0.293 e. The van der Waals surface area contributed by atoms with Gasteiger partial charge in [-0.2, -0.15) is 0 Å². The fourth-order valence-electron chi connectivity index (χ4n) is 2.11. The molecule has 9 heteroatoms. The van der Waals surface area contributed by atoms with Gasteiger partial charge in [0.2, 0.25) is 5.06 Å². The number of rotatable bonds is 5. The molecule has 3 heterocycles. The number of ether oxygens (including phenoxy) is 1. The lowest BCUT2D eigenvalue weighted by molar-refractivity contribution is 0.0701. The van der Waals surface area contributed by atoms with Crippen LogP contribution in [0.4, 0.5) is 0 Å². The monoisotopic (exact) mass is 319 g/mol. The molecule has 0 radical (unpaired) electrons. The summed E-state index contributed by atoms with van der Waals surface area (Å²) in [4.78, 5) is 15.4. The second-order valence-electron chi connectivity index (χ2n) is 4.45. The molecular weight excluding hydrogens is 306 g/mol. The van der Waals surface area contributed by atoms with Gasteiger partial charge in [0.25, 0.3) is 5.91 Å². The molecule has 0 aliphatic carbocycles. The highest BCUT2D eigenvalue weighted by Gasteiger charge is 2.13. The Balaban J connectivity index is 1.91. The van der Waals surface area contributed by atoms with Crippen LogP contribution in [-0.4, -0.2) is 36.9 Å². The summed E-state index contributed by atoms with van der Waals surface area (Å²) in [7, 11) is 0. The van der Waals surface area contributed by atoms with Crippen molar-refractivity contribution in [1.82, 2.24) is 24.6 Å². The number of hydroxylamine groups is 1. The quantitative estimate of drug-likeness (QED) is 0.545. The summed E-state index contributed by atoms with van der Waals surface area (Å²) in [5.41, 5.74) is 3.32. The Morgan fingerprint density at radius 3 is 3.18 bits per heavy atom. The zero-order valence-electron chi connectivity index (χ0n) is 11.7. The van der Waals surface area contributed by atoms with Crippen LogP contribution in [0, 0.1) is 0 Å². The Morgan fingerprint density at radius 1 is 1.55 bits per heavy atom. The molecule has 3 aromatic heterocycles. The molecule has 0 saturated heterocycles. The van der Waals surface area contributed by atoms with Gasteiger partial charge in [-0.3, -0.25) is 10.0 Å². The van der Waals surface area contributed by atoms with Crippen molar-refractivity contribution >= 4 is 28.3 Å². The van der Waals surface area contributed by atoms with Gasteiger partial charge in [-0.05, 0) is 19.1 Å². The molecule has 3 aromatic rings. The first-order valence-corrected chi connectivity index (χ1v) is 7.33. The van der Waals surface area contributed by atoms with Crippen LogP contribution in [0.15, 0.2) is 24.5 Å². The van der Waals surface area contributed by atoms with Crippen LogP contribution < -0.4 is 10.2 Å². The van der Waals surface area contributed by atoms with Crippen LogP contribution in [-0.2, 0) is 6.54 Å². The molecule has 0 spiro atoms. The number of fused-ring (bicyclic) bond motifs is 1. The van der Waals surface area contributed by atoms with Crippen molar-refractivity contribution in [3.63, 3.8) is 0 Å². The van der Waals surface area contributed by atoms with Crippen molar-refractivity contribution in [3.8, 4) is 5.06 Å². The van der Waals surface area contributed by atoms with E-state index in [2.05, 4.69) is 14.6 Å². The van der Waals surface area contributed by atoms with E-state index in [0.717, 1.165) is 16.6 Å². The smallest absolute Gasteiger partial charge is 0.293 e. The van der Waals surface area contributed by atoms with Gasteiger partial charge in [0.15, 0.2) is 0 Å². The van der Waals surface area contributed by atoms with Crippen LogP contribution in [0.3, 0.4) is 0 Å². The maximum absolute atomic E-state index is 11.4. The van der Waals surface area contributed by atoms with Crippen LogP contribution in [0.25, 0.3) is 10.9 Å². The summed E-state index contributed by atoms with van der Waals surface area (Å²) in [6.07, 6.45) is 3.46. The molecule has 1 amide bonds. The number of aromatic nitrogens is 4. The molecule has 2 N–H and O–H groups in total. The average Bonchev–Trinajstić information content (AvgIpc) is 3.14. The first-order chi connectivity index (χ1) is 10.7. The van der Waals surface area contributed by atoms with E-state index in [1.54, 1.807) is 17.7 Å². The van der Waals surface area contributed by atoms with Crippen molar-refractivity contribution in [2.24, 2.45) is 0 Å². The number of pyridine rings is 1. The van der Waals surface area contributed by atoms with E-state index in [1.165, 1.54) is 11.5 Å². The van der Waals surface area contributed by atoms with Gasteiger partial charge in [0.1, 0.15) is 11.4 Å². The predicted molar refractivity (Wildman–Crippen MR) is 79.2 cm³/mol. The Morgan fingerprint density at radius 2 is 2.41 bits per heavy atom. The van der Waals surface area contributed by atoms with Crippen LogP contribution in [0.1, 0.15) is 23.1 Å². The molecule has 0 fully saturated rings. The molecule has 22 heavy (non-hydrogen) atoms. The van der Waals surface area contributed by atoms with Gasteiger partial charge >= 0.3 is 0 Å². The zero-order valence-corrected chi connectivity index (χ0v) is 12.5. The Labute approximate surface area is 129 Å². The summed E-state index contributed by atoms with van der Waals surface area (Å²) in [5, 5.41) is 14.3. The van der Waals surface area contributed by atoms with E-state index in [-0.39, 0.29) is 5.69 Å². The minimum absolute atomic E-state index is 0.151. The van der Waals surface area contributed by atoms with E-state index < -0.39 is 5.91 Å². The lowest BCUT2D eigenvalue weighted by atomic mass is 10.2. The molecule has 0 saturated carbocycles. The Kier molecular flexibility index (Phi) is 3.98. The van der Waals surface area contributed by atoms with Gasteiger partial charge in [0.05, 0.1) is 24.9 Å². The number of nitrogens with one attached hydrogen (secondary N) is 1. The highest BCUT2D eigenvalue weighted by Crippen LogP contribution is 2.24. The van der Waals surface area contributed by atoms with Gasteiger partial charge in [-0.25, -0.2) is 10.5 Å². The molecule has 3 rings (SSSR count). The van der Waals surface area contributed by atoms with Gasteiger partial charge < -0.3 is 9.30 Å². The van der Waals surface area contributed by atoms with Crippen molar-refractivity contribution in [1.29, 1.82) is 0 Å². The van der Waals surface area contributed by atoms with E-state index in [4.69, 9.17) is 9.94 Å². The van der Waals surface area contributed by atoms with E-state index in [0.29, 0.717) is 18.2 Å². The molecule has 0 aliphatic heterocycles. The second-order valence-corrected chi connectivity index (χ2v) is 5.17. The summed E-state index contributed by atoms with van der Waals surface area (Å²) >= 11 is 1.22. The minimum Gasteiger partial charge on any atom is -0.482 e. The summed E-state index contributed by atoms with van der Waals surface area (Å²) < 4.78 is 11.3. The minimum atomic E-state index is -0.642. The van der Waals surface area contributed by atoms with Crippen molar-refractivity contribution in [3.05, 3.63) is 35.9 Å². The lowest BCUT2D eigenvalue weighted by Crippen LogP contribution is -2.19. The largest absolute Gasteiger partial charge is 0.482 e. The molecule has 0 unspecified atom stereocenters. The Hall–Kier alpha value is -2.52. The molecule has 8 nitrogen and oxygen atoms in total. The van der Waals surface area contributed by atoms with Crippen molar-refractivity contribution in [2.75, 3.05) is 6.61 Å². The molecule has 114 valence electrons. The molecule has 0 aliphatic rings. The van der Waals surface area contributed by atoms with E-state index in [1.807, 2.05) is 23.8 Å². The van der Waals surface area contributed by atoms with Crippen LogP contribution in [0.2, 0.25) is 0 Å². The molecule has 0 aromatic carbocycles. The number of carbonyl (C=O) groups excluding carboxylic acids is 1. The third-order valence-corrected chi connectivity index (χ3v) is 3.79. The zero-order chi connectivity index (χ0) is 15.5. The summed E-state index contributed by atoms with van der Waals surface area (Å²) in [5.74, 6) is -0.642. The van der Waals surface area contributed by atoms with Gasteiger partial charge in [-0.15, -0.1) is 5.10 Å². The third kappa shape index (κ3) is 2.63. The number of hydrogen-bond acceptors (Lipinski definition) is 7. The van der Waals surface area contributed by atoms with Crippen LogP contribution >= 0.6 is 11.5 Å². The average molecular weight is 319 g/mol. The standard InChI is InChI=1S/C13H13N5O3S/c1-2-21-13-10(15-17-22-13)7-18-4-3-8-5-9(12(19)16-20)14-6-11(8)18/h3-6,20H,2,7H2,1H3,(H,16,19).